The van der Waals surface area contributed by atoms with Crippen molar-refractivity contribution in [2.45, 2.75) is 38.9 Å². The summed E-state index contributed by atoms with van der Waals surface area (Å²) >= 11 is 0. The van der Waals surface area contributed by atoms with Crippen molar-refractivity contribution in [2.24, 2.45) is 0 Å². The predicted octanol–water partition coefficient (Wildman–Crippen LogP) is 1.63. The smallest absolute Gasteiger partial charge is 0.335 e. The quantitative estimate of drug-likeness (QED) is 0.292. The van der Waals surface area contributed by atoms with Crippen LogP contribution in [0.1, 0.15) is 32.6 Å². The van der Waals surface area contributed by atoms with Crippen LogP contribution in [0.3, 0.4) is 0 Å². The van der Waals surface area contributed by atoms with Gasteiger partial charge in [0.2, 0.25) is 6.29 Å². The van der Waals surface area contributed by atoms with Gasteiger partial charge in [0.05, 0.1) is 0 Å². The Labute approximate surface area is 100 Å². The van der Waals surface area contributed by atoms with Crippen molar-refractivity contribution in [1.29, 1.82) is 0 Å². The molecule has 0 spiro atoms. The summed E-state index contributed by atoms with van der Waals surface area (Å²) in [6.07, 6.45) is 0.587. The first-order valence-corrected chi connectivity index (χ1v) is 5.30. The second-order valence-corrected chi connectivity index (χ2v) is 3.79. The van der Waals surface area contributed by atoms with Crippen molar-refractivity contribution in [3.63, 3.8) is 0 Å². The fourth-order valence-corrected chi connectivity index (χ4v) is 1.05. The molecular formula is C12H18O5. The van der Waals surface area contributed by atoms with Crippen LogP contribution >= 0.6 is 0 Å². The lowest BCUT2D eigenvalue weighted by molar-refractivity contribution is -0.163. The number of esters is 1. The minimum atomic E-state index is -1.17. The zero-order valence-corrected chi connectivity index (χ0v) is 9.94. The van der Waals surface area contributed by atoms with Crippen LogP contribution in [0.15, 0.2) is 24.3 Å². The fourth-order valence-electron chi connectivity index (χ4n) is 1.05. The predicted molar refractivity (Wildman–Crippen MR) is 62.2 cm³/mol. The van der Waals surface area contributed by atoms with Crippen LogP contribution < -0.4 is 0 Å². The third-order valence-corrected chi connectivity index (χ3v) is 2.07. The Hall–Kier alpha value is -1.62. The molecule has 0 radical (unpaired) electrons. The number of rotatable bonds is 8. The SMILES string of the molecule is C=C(C)C(=O)OC(O)CCCCC(=C)C(=O)O. The molecule has 0 saturated carbocycles. The van der Waals surface area contributed by atoms with Crippen LogP contribution in [-0.2, 0) is 14.3 Å². The molecule has 0 aliphatic heterocycles. The Morgan fingerprint density at radius 3 is 2.35 bits per heavy atom. The van der Waals surface area contributed by atoms with Crippen LogP contribution in [0.5, 0.6) is 0 Å². The van der Waals surface area contributed by atoms with Gasteiger partial charge in [0.15, 0.2) is 0 Å². The Morgan fingerprint density at radius 1 is 1.29 bits per heavy atom. The molecule has 0 rings (SSSR count). The van der Waals surface area contributed by atoms with Gasteiger partial charge in [0, 0.05) is 17.6 Å². The third-order valence-electron chi connectivity index (χ3n) is 2.07. The van der Waals surface area contributed by atoms with Gasteiger partial charge in [0.1, 0.15) is 0 Å². The van der Waals surface area contributed by atoms with E-state index in [1.807, 2.05) is 0 Å². The van der Waals surface area contributed by atoms with Gasteiger partial charge in [-0.1, -0.05) is 13.2 Å². The van der Waals surface area contributed by atoms with Crippen molar-refractivity contribution in [1.82, 2.24) is 0 Å². The zero-order chi connectivity index (χ0) is 13.4. The maximum atomic E-state index is 11.0. The molecule has 5 heteroatoms. The number of carbonyl (C=O) groups excluding carboxylic acids is 1. The Kier molecular flexibility index (Phi) is 6.89. The molecule has 0 heterocycles. The van der Waals surface area contributed by atoms with Gasteiger partial charge >= 0.3 is 11.9 Å². The fraction of sp³-hybridized carbons (Fsp3) is 0.500. The highest BCUT2D eigenvalue weighted by Crippen LogP contribution is 2.10. The van der Waals surface area contributed by atoms with Gasteiger partial charge in [-0.05, 0) is 26.2 Å². The molecule has 1 unspecified atom stereocenters. The van der Waals surface area contributed by atoms with E-state index in [1.165, 1.54) is 6.92 Å². The number of aliphatic carboxylic acids is 1. The number of carbonyl (C=O) groups is 2. The number of hydrogen-bond donors (Lipinski definition) is 2. The molecule has 1 atom stereocenters. The molecule has 0 fully saturated rings. The summed E-state index contributed by atoms with van der Waals surface area (Å²) in [4.78, 5) is 21.4. The van der Waals surface area contributed by atoms with Gasteiger partial charge in [-0.2, -0.15) is 0 Å². The molecular weight excluding hydrogens is 224 g/mol. The van der Waals surface area contributed by atoms with E-state index in [0.29, 0.717) is 19.3 Å². The number of ether oxygens (including phenoxy) is 1. The van der Waals surface area contributed by atoms with Crippen molar-refractivity contribution < 1.29 is 24.5 Å². The van der Waals surface area contributed by atoms with E-state index in [2.05, 4.69) is 17.9 Å². The maximum absolute atomic E-state index is 11.0. The summed E-state index contributed by atoms with van der Waals surface area (Å²) in [6, 6.07) is 0. The Bertz CT molecular complexity index is 319. The minimum absolute atomic E-state index is 0.137. The number of aliphatic hydroxyl groups excluding tert-OH is 1. The summed E-state index contributed by atoms with van der Waals surface area (Å²) in [6.45, 7) is 8.26. The normalized spacial score (nSPS) is 11.6. The standard InChI is InChI=1S/C12H18O5/c1-8(2)12(16)17-10(13)7-5-4-6-9(3)11(14)15/h10,13H,1,3-7H2,2H3,(H,14,15). The summed E-state index contributed by atoms with van der Waals surface area (Å²) in [5, 5.41) is 17.9. The molecule has 0 aliphatic carbocycles. The summed E-state index contributed by atoms with van der Waals surface area (Å²) < 4.78 is 4.64. The second-order valence-electron chi connectivity index (χ2n) is 3.79. The number of carboxylic acid groups (broad SMARTS) is 1. The summed E-state index contributed by atoms with van der Waals surface area (Å²) in [7, 11) is 0. The lowest BCUT2D eigenvalue weighted by Crippen LogP contribution is -2.17. The molecule has 17 heavy (non-hydrogen) atoms. The molecule has 96 valence electrons. The molecule has 0 amide bonds. The van der Waals surface area contributed by atoms with Gasteiger partial charge in [-0.25, -0.2) is 9.59 Å². The van der Waals surface area contributed by atoms with Crippen LogP contribution in [0, 0.1) is 0 Å². The maximum Gasteiger partial charge on any atom is 0.335 e. The monoisotopic (exact) mass is 242 g/mol. The lowest BCUT2D eigenvalue weighted by atomic mass is 10.1. The van der Waals surface area contributed by atoms with Crippen LogP contribution in [0.2, 0.25) is 0 Å². The first-order valence-electron chi connectivity index (χ1n) is 5.30. The minimum Gasteiger partial charge on any atom is -0.478 e. The van der Waals surface area contributed by atoms with Crippen molar-refractivity contribution in [3.8, 4) is 0 Å². The second kappa shape index (κ2) is 7.62. The molecule has 0 saturated heterocycles. The number of carboxylic acids is 1. The average molecular weight is 242 g/mol. The Morgan fingerprint density at radius 2 is 1.88 bits per heavy atom. The highest BCUT2D eigenvalue weighted by Gasteiger charge is 2.11. The van der Waals surface area contributed by atoms with Gasteiger partial charge in [0.25, 0.3) is 0 Å². The van der Waals surface area contributed by atoms with Crippen molar-refractivity contribution in [2.75, 3.05) is 0 Å². The van der Waals surface area contributed by atoms with Gasteiger partial charge in [-0.15, -0.1) is 0 Å². The van der Waals surface area contributed by atoms with E-state index < -0.39 is 18.2 Å². The van der Waals surface area contributed by atoms with Crippen molar-refractivity contribution >= 4 is 11.9 Å². The van der Waals surface area contributed by atoms with Gasteiger partial charge < -0.3 is 14.9 Å². The zero-order valence-electron chi connectivity index (χ0n) is 9.94. The largest absolute Gasteiger partial charge is 0.478 e. The summed E-state index contributed by atoms with van der Waals surface area (Å²) in [5.74, 6) is -1.65. The summed E-state index contributed by atoms with van der Waals surface area (Å²) in [5.41, 5.74) is 0.363. The molecule has 0 aromatic heterocycles. The molecule has 2 N–H and O–H groups in total. The molecule has 0 aromatic carbocycles. The number of aliphatic hydroxyl groups is 1. The molecule has 0 aliphatic rings. The van der Waals surface area contributed by atoms with E-state index in [-0.39, 0.29) is 17.6 Å². The number of unbranched alkanes of at least 4 members (excludes halogenated alkanes) is 1. The van der Waals surface area contributed by atoms with E-state index in [4.69, 9.17) is 5.11 Å². The van der Waals surface area contributed by atoms with Gasteiger partial charge in [-0.3, -0.25) is 0 Å². The van der Waals surface area contributed by atoms with E-state index in [0.717, 1.165) is 0 Å². The molecule has 5 nitrogen and oxygen atoms in total. The highest BCUT2D eigenvalue weighted by atomic mass is 16.6. The number of hydrogen-bond acceptors (Lipinski definition) is 4. The molecule has 0 bridgehead atoms. The van der Waals surface area contributed by atoms with E-state index >= 15 is 0 Å². The first-order chi connectivity index (χ1) is 7.84. The van der Waals surface area contributed by atoms with Crippen LogP contribution in [0.4, 0.5) is 0 Å². The lowest BCUT2D eigenvalue weighted by Gasteiger charge is -2.11. The van der Waals surface area contributed by atoms with E-state index in [1.54, 1.807) is 0 Å². The van der Waals surface area contributed by atoms with Crippen LogP contribution in [-0.4, -0.2) is 28.4 Å². The third kappa shape index (κ3) is 7.30. The Balaban J connectivity index is 3.68. The highest BCUT2D eigenvalue weighted by molar-refractivity contribution is 5.87. The van der Waals surface area contributed by atoms with Crippen molar-refractivity contribution in [3.05, 3.63) is 24.3 Å². The molecule has 0 aromatic rings. The first kappa shape index (κ1) is 15.4. The average Bonchev–Trinajstić information content (AvgIpc) is 2.23. The van der Waals surface area contributed by atoms with E-state index in [9.17, 15) is 14.7 Å². The van der Waals surface area contributed by atoms with Crippen LogP contribution in [0.25, 0.3) is 0 Å². The topological polar surface area (TPSA) is 83.8 Å².